The quantitative estimate of drug-likeness (QED) is 0.836. The molecule has 4 nitrogen and oxygen atoms in total. The van der Waals surface area contributed by atoms with Crippen molar-refractivity contribution in [3.05, 3.63) is 35.8 Å². The van der Waals surface area contributed by atoms with E-state index in [2.05, 4.69) is 26.2 Å². The van der Waals surface area contributed by atoms with Gasteiger partial charge in [-0.15, -0.1) is 0 Å². The Labute approximate surface area is 128 Å². The maximum absolute atomic E-state index is 13.1. The molecule has 1 heterocycles. The zero-order valence-corrected chi connectivity index (χ0v) is 13.2. The number of nitrogens with one attached hydrogen (secondary N) is 1. The van der Waals surface area contributed by atoms with E-state index in [0.29, 0.717) is 21.6 Å². The zero-order chi connectivity index (χ0) is 14.7. The molecule has 0 fully saturated rings. The summed E-state index contributed by atoms with van der Waals surface area (Å²) in [6.45, 7) is 3.48. The smallest absolute Gasteiger partial charge is 0.239 e. The molecule has 0 aliphatic heterocycles. The van der Waals surface area contributed by atoms with Crippen LogP contribution in [0.2, 0.25) is 0 Å². The van der Waals surface area contributed by atoms with Crippen molar-refractivity contribution in [2.45, 2.75) is 18.7 Å². The van der Waals surface area contributed by atoms with Gasteiger partial charge in [-0.3, -0.25) is 4.79 Å². The fourth-order valence-electron chi connectivity index (χ4n) is 1.37. The third-order valence-corrected chi connectivity index (χ3v) is 3.72. The lowest BCUT2D eigenvalue weighted by molar-refractivity contribution is -0.115. The summed E-state index contributed by atoms with van der Waals surface area (Å²) in [7, 11) is 0. The fraction of sp³-hybridized carbons (Fsp3) is 0.231. The number of thiazole rings is 1. The summed E-state index contributed by atoms with van der Waals surface area (Å²) in [5.74, 6) is -0.161. The maximum Gasteiger partial charge on any atom is 0.239 e. The molecule has 0 spiro atoms. The molecule has 1 aromatic heterocycles. The summed E-state index contributed by atoms with van der Waals surface area (Å²) in [5, 5.41) is 3.64. The molecular weight excluding hydrogens is 347 g/mol. The Kier molecular flexibility index (Phi) is 4.72. The van der Waals surface area contributed by atoms with Gasteiger partial charge in [0, 0.05) is 6.07 Å². The molecule has 0 saturated heterocycles. The van der Waals surface area contributed by atoms with Crippen LogP contribution < -0.4 is 10.1 Å². The molecule has 2 rings (SSSR count). The number of hydrogen-bond acceptors (Lipinski definition) is 4. The number of aromatic nitrogens is 1. The minimum Gasteiger partial charge on any atom is -0.445 e. The molecule has 7 heteroatoms. The topological polar surface area (TPSA) is 51.2 Å². The van der Waals surface area contributed by atoms with Gasteiger partial charge in [0.1, 0.15) is 11.6 Å². The van der Waals surface area contributed by atoms with Crippen molar-refractivity contribution < 1.29 is 13.9 Å². The van der Waals surface area contributed by atoms with E-state index >= 15 is 0 Å². The second-order valence-electron chi connectivity index (χ2n) is 4.06. The van der Waals surface area contributed by atoms with E-state index in [0.717, 1.165) is 0 Å². The molecule has 106 valence electrons. The highest BCUT2D eigenvalue weighted by atomic mass is 79.9. The summed E-state index contributed by atoms with van der Waals surface area (Å²) in [6.07, 6.45) is 0. The Morgan fingerprint density at radius 2 is 2.30 bits per heavy atom. The molecular formula is C13H12BrFN2O2S. The van der Waals surface area contributed by atoms with Crippen LogP contribution in [0.25, 0.3) is 0 Å². The average Bonchev–Trinajstić information content (AvgIpc) is 2.69. The van der Waals surface area contributed by atoms with E-state index in [1.807, 2.05) is 0 Å². The lowest BCUT2D eigenvalue weighted by Gasteiger charge is -2.03. The summed E-state index contributed by atoms with van der Waals surface area (Å²) >= 11 is 4.37. The number of amides is 1. The first kappa shape index (κ1) is 14.9. The Balaban J connectivity index is 2.13. The second-order valence-corrected chi connectivity index (χ2v) is 6.39. The van der Waals surface area contributed by atoms with Gasteiger partial charge in [0.05, 0.1) is 10.5 Å². The highest BCUT2D eigenvalue weighted by Crippen LogP contribution is 2.34. The van der Waals surface area contributed by atoms with Crippen LogP contribution in [-0.2, 0) is 4.79 Å². The molecule has 2 aromatic rings. The normalized spacial score (nSPS) is 12.0. The number of hydrogen-bond donors (Lipinski definition) is 1. The molecule has 1 aromatic carbocycles. The molecule has 0 bridgehead atoms. The number of aryl methyl sites for hydroxylation is 1. The first-order valence-corrected chi connectivity index (χ1v) is 7.54. The van der Waals surface area contributed by atoms with Crippen LogP contribution in [0.15, 0.2) is 24.3 Å². The van der Waals surface area contributed by atoms with Crippen molar-refractivity contribution in [1.82, 2.24) is 4.98 Å². The Bertz CT molecular complexity index is 631. The van der Waals surface area contributed by atoms with Crippen LogP contribution in [0.5, 0.6) is 10.8 Å². The predicted octanol–water partition coefficient (Wildman–Crippen LogP) is 4.10. The van der Waals surface area contributed by atoms with E-state index in [9.17, 15) is 9.18 Å². The third kappa shape index (κ3) is 3.77. The van der Waals surface area contributed by atoms with Gasteiger partial charge < -0.3 is 10.1 Å². The standard InChI is InChI=1S/C13H12BrFN2O2S/c1-7(14)11(18)17-13-16-8(2)12(20-13)19-10-5-3-4-9(15)6-10/h3-7H,1-2H3,(H,16,17,18). The number of halogens is 2. The van der Waals surface area contributed by atoms with Crippen LogP contribution in [0.1, 0.15) is 12.6 Å². The number of rotatable bonds is 4. The number of carbonyl (C=O) groups is 1. The van der Waals surface area contributed by atoms with Gasteiger partial charge in [-0.2, -0.15) is 0 Å². The molecule has 1 amide bonds. The molecule has 0 aliphatic rings. The van der Waals surface area contributed by atoms with Crippen molar-refractivity contribution in [2.75, 3.05) is 5.32 Å². The van der Waals surface area contributed by atoms with Gasteiger partial charge in [-0.1, -0.05) is 33.3 Å². The van der Waals surface area contributed by atoms with E-state index in [-0.39, 0.29) is 16.6 Å². The van der Waals surface area contributed by atoms with Crippen LogP contribution in [-0.4, -0.2) is 15.7 Å². The van der Waals surface area contributed by atoms with Gasteiger partial charge in [0.2, 0.25) is 11.0 Å². The summed E-state index contributed by atoms with van der Waals surface area (Å²) in [6, 6.07) is 5.85. The van der Waals surface area contributed by atoms with E-state index in [4.69, 9.17) is 4.74 Å². The van der Waals surface area contributed by atoms with Crippen molar-refractivity contribution in [1.29, 1.82) is 0 Å². The summed E-state index contributed by atoms with van der Waals surface area (Å²) in [5.41, 5.74) is 0.636. The van der Waals surface area contributed by atoms with Crippen LogP contribution >= 0.6 is 27.3 Å². The first-order chi connectivity index (χ1) is 9.45. The average molecular weight is 359 g/mol. The van der Waals surface area contributed by atoms with E-state index in [1.165, 1.54) is 23.5 Å². The number of alkyl halides is 1. The highest BCUT2D eigenvalue weighted by molar-refractivity contribution is 9.10. The third-order valence-electron chi connectivity index (χ3n) is 2.35. The van der Waals surface area contributed by atoms with Crippen molar-refractivity contribution >= 4 is 38.3 Å². The summed E-state index contributed by atoms with van der Waals surface area (Å²) in [4.78, 5) is 15.4. The SMILES string of the molecule is Cc1nc(NC(=O)C(C)Br)sc1Oc1cccc(F)c1. The van der Waals surface area contributed by atoms with Gasteiger partial charge in [0.25, 0.3) is 0 Å². The molecule has 0 aliphatic carbocycles. The number of ether oxygens (including phenoxy) is 1. The number of nitrogens with zero attached hydrogens (tertiary/aromatic N) is 1. The van der Waals surface area contributed by atoms with Crippen LogP contribution in [0.4, 0.5) is 9.52 Å². The largest absolute Gasteiger partial charge is 0.445 e. The van der Waals surface area contributed by atoms with Gasteiger partial charge in [-0.05, 0) is 26.0 Å². The van der Waals surface area contributed by atoms with Crippen LogP contribution in [0.3, 0.4) is 0 Å². The van der Waals surface area contributed by atoms with E-state index < -0.39 is 0 Å². The van der Waals surface area contributed by atoms with E-state index in [1.54, 1.807) is 26.0 Å². The highest BCUT2D eigenvalue weighted by Gasteiger charge is 2.14. The predicted molar refractivity (Wildman–Crippen MR) is 80.3 cm³/mol. The Morgan fingerprint density at radius 1 is 1.55 bits per heavy atom. The van der Waals surface area contributed by atoms with Gasteiger partial charge in [-0.25, -0.2) is 9.37 Å². The Morgan fingerprint density at radius 3 is 2.95 bits per heavy atom. The van der Waals surface area contributed by atoms with Crippen LogP contribution in [0, 0.1) is 12.7 Å². The Hall–Kier alpha value is -1.47. The van der Waals surface area contributed by atoms with Gasteiger partial charge in [0.15, 0.2) is 5.13 Å². The molecule has 1 unspecified atom stereocenters. The minimum atomic E-state index is -0.369. The minimum absolute atomic E-state index is 0.184. The zero-order valence-electron chi connectivity index (χ0n) is 10.8. The molecule has 20 heavy (non-hydrogen) atoms. The maximum atomic E-state index is 13.1. The molecule has 1 atom stereocenters. The van der Waals surface area contributed by atoms with Crippen molar-refractivity contribution in [2.24, 2.45) is 0 Å². The monoisotopic (exact) mass is 358 g/mol. The fourth-order valence-corrected chi connectivity index (χ4v) is 2.33. The first-order valence-electron chi connectivity index (χ1n) is 5.81. The van der Waals surface area contributed by atoms with Crippen molar-refractivity contribution in [3.63, 3.8) is 0 Å². The van der Waals surface area contributed by atoms with Crippen molar-refractivity contribution in [3.8, 4) is 10.8 Å². The number of anilines is 1. The number of benzene rings is 1. The molecule has 0 radical (unpaired) electrons. The lowest BCUT2D eigenvalue weighted by Crippen LogP contribution is -2.19. The lowest BCUT2D eigenvalue weighted by atomic mass is 10.3. The molecule has 0 saturated carbocycles. The second kappa shape index (κ2) is 6.32. The molecule has 1 N–H and O–H groups in total. The van der Waals surface area contributed by atoms with Gasteiger partial charge >= 0.3 is 0 Å². The summed E-state index contributed by atoms with van der Waals surface area (Å²) < 4.78 is 18.6. The number of carbonyl (C=O) groups excluding carboxylic acids is 1.